The number of hydrogen-bond donors (Lipinski definition) is 2. The van der Waals surface area contributed by atoms with Gasteiger partial charge in [0.05, 0.1) is 23.4 Å². The van der Waals surface area contributed by atoms with Crippen LogP contribution in [0.3, 0.4) is 0 Å². The van der Waals surface area contributed by atoms with Crippen molar-refractivity contribution < 1.29 is 23.9 Å². The van der Waals surface area contributed by atoms with Gasteiger partial charge in [-0.15, -0.1) is 0 Å². The fourth-order valence-electron chi connectivity index (χ4n) is 3.97. The van der Waals surface area contributed by atoms with Crippen LogP contribution in [0, 0.1) is 6.92 Å². The number of fused-ring (bicyclic) bond motifs is 1. The van der Waals surface area contributed by atoms with Crippen molar-refractivity contribution in [2.75, 3.05) is 23.8 Å². The molecule has 2 amide bonds. The number of para-hydroxylation sites is 2. The highest BCUT2D eigenvalue weighted by Gasteiger charge is 2.20. The van der Waals surface area contributed by atoms with Crippen molar-refractivity contribution in [1.29, 1.82) is 0 Å². The molecule has 3 aromatic rings. The van der Waals surface area contributed by atoms with Crippen LogP contribution < -0.4 is 15.4 Å². The molecule has 0 radical (unpaired) electrons. The van der Waals surface area contributed by atoms with E-state index in [1.54, 1.807) is 37.3 Å². The zero-order chi connectivity index (χ0) is 25.5. The van der Waals surface area contributed by atoms with Gasteiger partial charge in [-0.1, -0.05) is 42.5 Å². The van der Waals surface area contributed by atoms with Gasteiger partial charge in [-0.3, -0.25) is 14.4 Å². The SMILES string of the molecule is CCOC(=O)CCc1cccc(NC(=O)c2ccccc2NC(=O)C2=Cc3cccc(C)c3OC2)c1. The van der Waals surface area contributed by atoms with Crippen LogP contribution in [0.2, 0.25) is 0 Å². The van der Waals surface area contributed by atoms with E-state index in [1.807, 2.05) is 49.4 Å². The van der Waals surface area contributed by atoms with E-state index in [9.17, 15) is 14.4 Å². The van der Waals surface area contributed by atoms with Gasteiger partial charge in [-0.2, -0.15) is 0 Å². The topological polar surface area (TPSA) is 93.7 Å². The number of nitrogens with one attached hydrogen (secondary N) is 2. The van der Waals surface area contributed by atoms with Gasteiger partial charge in [-0.05, 0) is 61.7 Å². The molecule has 0 saturated heterocycles. The maximum Gasteiger partial charge on any atom is 0.306 e. The molecule has 0 saturated carbocycles. The molecule has 0 atom stereocenters. The summed E-state index contributed by atoms with van der Waals surface area (Å²) in [5, 5.41) is 5.73. The number of carbonyl (C=O) groups excluding carboxylic acids is 3. The first-order valence-corrected chi connectivity index (χ1v) is 11.8. The van der Waals surface area contributed by atoms with E-state index < -0.39 is 0 Å². The molecule has 36 heavy (non-hydrogen) atoms. The van der Waals surface area contributed by atoms with Crippen LogP contribution in [0.4, 0.5) is 11.4 Å². The van der Waals surface area contributed by atoms with Crippen LogP contribution in [0.25, 0.3) is 6.08 Å². The lowest BCUT2D eigenvalue weighted by molar-refractivity contribution is -0.143. The van der Waals surface area contributed by atoms with Crippen molar-refractivity contribution in [2.45, 2.75) is 26.7 Å². The lowest BCUT2D eigenvalue weighted by Crippen LogP contribution is -2.23. The van der Waals surface area contributed by atoms with Gasteiger partial charge in [0.1, 0.15) is 12.4 Å². The number of aryl methyl sites for hydroxylation is 2. The molecule has 0 bridgehead atoms. The fourth-order valence-corrected chi connectivity index (χ4v) is 3.97. The summed E-state index contributed by atoms with van der Waals surface area (Å²) in [7, 11) is 0. The maximum absolute atomic E-state index is 13.1. The van der Waals surface area contributed by atoms with Gasteiger partial charge in [0.2, 0.25) is 0 Å². The molecule has 1 heterocycles. The highest BCUT2D eigenvalue weighted by atomic mass is 16.5. The number of esters is 1. The summed E-state index contributed by atoms with van der Waals surface area (Å²) >= 11 is 0. The van der Waals surface area contributed by atoms with Gasteiger partial charge >= 0.3 is 5.97 Å². The number of hydrogen-bond acceptors (Lipinski definition) is 5. The van der Waals surface area contributed by atoms with Crippen LogP contribution in [-0.4, -0.2) is 31.0 Å². The molecule has 4 rings (SSSR count). The standard InChI is InChI=1S/C29H28N2O5/c1-3-35-26(32)15-14-20-9-7-11-23(16-20)30-29(34)24-12-4-5-13-25(24)31-28(33)22-17-21-10-6-8-19(2)27(21)36-18-22/h4-13,16-17H,3,14-15,18H2,1-2H3,(H,30,34)(H,31,33). The number of rotatable bonds is 8. The third-order valence-electron chi connectivity index (χ3n) is 5.76. The Morgan fingerprint density at radius 1 is 0.944 bits per heavy atom. The summed E-state index contributed by atoms with van der Waals surface area (Å²) in [5.41, 5.74) is 4.55. The Hall–Kier alpha value is -4.39. The van der Waals surface area contributed by atoms with Gasteiger partial charge in [0, 0.05) is 17.7 Å². The second-order valence-corrected chi connectivity index (χ2v) is 8.41. The number of ether oxygens (including phenoxy) is 2. The van der Waals surface area contributed by atoms with Crippen LogP contribution >= 0.6 is 0 Å². The molecule has 3 aromatic carbocycles. The summed E-state index contributed by atoms with van der Waals surface area (Å²) in [6, 6.07) is 19.9. The van der Waals surface area contributed by atoms with Crippen LogP contribution in [0.15, 0.2) is 72.3 Å². The normalized spacial score (nSPS) is 12.0. The van der Waals surface area contributed by atoms with Crippen molar-refractivity contribution >= 4 is 35.2 Å². The highest BCUT2D eigenvalue weighted by Crippen LogP contribution is 2.30. The first kappa shape index (κ1) is 24.7. The van der Waals surface area contributed by atoms with Gasteiger partial charge in [0.25, 0.3) is 11.8 Å². The van der Waals surface area contributed by atoms with Crippen LogP contribution in [-0.2, 0) is 20.7 Å². The molecule has 1 aliphatic heterocycles. The molecule has 7 nitrogen and oxygen atoms in total. The minimum atomic E-state index is -0.358. The Balaban J connectivity index is 1.45. The Labute approximate surface area is 210 Å². The van der Waals surface area contributed by atoms with Gasteiger partial charge in [0.15, 0.2) is 0 Å². The number of anilines is 2. The van der Waals surface area contributed by atoms with Crippen molar-refractivity contribution in [3.05, 3.63) is 94.6 Å². The lowest BCUT2D eigenvalue weighted by atomic mass is 10.0. The first-order valence-electron chi connectivity index (χ1n) is 11.8. The lowest BCUT2D eigenvalue weighted by Gasteiger charge is -2.20. The summed E-state index contributed by atoms with van der Waals surface area (Å²) < 4.78 is 10.8. The molecule has 2 N–H and O–H groups in total. The van der Waals surface area contributed by atoms with Crippen LogP contribution in [0.1, 0.15) is 40.4 Å². The zero-order valence-corrected chi connectivity index (χ0v) is 20.3. The summed E-state index contributed by atoms with van der Waals surface area (Å²) in [4.78, 5) is 37.7. The number of carbonyl (C=O) groups is 3. The van der Waals surface area contributed by atoms with E-state index in [0.717, 1.165) is 22.4 Å². The van der Waals surface area contributed by atoms with Crippen molar-refractivity contribution in [1.82, 2.24) is 0 Å². The minimum absolute atomic E-state index is 0.149. The molecule has 7 heteroatoms. The van der Waals surface area contributed by atoms with Crippen molar-refractivity contribution in [3.63, 3.8) is 0 Å². The fraction of sp³-hybridized carbons (Fsp3) is 0.207. The monoisotopic (exact) mass is 484 g/mol. The largest absolute Gasteiger partial charge is 0.488 e. The maximum atomic E-state index is 13.1. The third kappa shape index (κ3) is 5.99. The number of amides is 2. The second-order valence-electron chi connectivity index (χ2n) is 8.41. The second kappa shape index (κ2) is 11.4. The van der Waals surface area contributed by atoms with Crippen molar-refractivity contribution in [3.8, 4) is 5.75 Å². The Morgan fingerprint density at radius 3 is 2.58 bits per heavy atom. The van der Waals surface area contributed by atoms with E-state index in [1.165, 1.54) is 0 Å². The zero-order valence-electron chi connectivity index (χ0n) is 20.3. The summed E-state index contributed by atoms with van der Waals surface area (Å²) in [6.07, 6.45) is 2.59. The average molecular weight is 485 g/mol. The Kier molecular flexibility index (Phi) is 7.80. The smallest absolute Gasteiger partial charge is 0.306 e. The number of benzene rings is 3. The molecule has 0 unspecified atom stereocenters. The third-order valence-corrected chi connectivity index (χ3v) is 5.76. The minimum Gasteiger partial charge on any atom is -0.488 e. The van der Waals surface area contributed by atoms with E-state index >= 15 is 0 Å². The molecule has 0 fully saturated rings. The molecule has 0 spiro atoms. The first-order chi connectivity index (χ1) is 17.4. The van der Waals surface area contributed by atoms with E-state index in [2.05, 4.69) is 10.6 Å². The van der Waals surface area contributed by atoms with E-state index in [4.69, 9.17) is 9.47 Å². The molecule has 184 valence electrons. The molecule has 0 aliphatic carbocycles. The van der Waals surface area contributed by atoms with Crippen molar-refractivity contribution in [2.24, 2.45) is 0 Å². The summed E-state index contributed by atoms with van der Waals surface area (Å²) in [6.45, 7) is 4.23. The predicted octanol–water partition coefficient (Wildman–Crippen LogP) is 5.16. The van der Waals surface area contributed by atoms with Gasteiger partial charge in [-0.25, -0.2) is 0 Å². The van der Waals surface area contributed by atoms with E-state index in [0.29, 0.717) is 35.5 Å². The molecule has 1 aliphatic rings. The Bertz CT molecular complexity index is 1330. The van der Waals surface area contributed by atoms with Gasteiger partial charge < -0.3 is 20.1 Å². The molecule has 0 aromatic heterocycles. The van der Waals surface area contributed by atoms with E-state index in [-0.39, 0.29) is 30.8 Å². The quantitative estimate of drug-likeness (QED) is 0.431. The molecular weight excluding hydrogens is 456 g/mol. The highest BCUT2D eigenvalue weighted by molar-refractivity contribution is 6.13. The Morgan fingerprint density at radius 2 is 1.75 bits per heavy atom. The summed E-state index contributed by atoms with van der Waals surface area (Å²) in [5.74, 6) is -0.168. The van der Waals surface area contributed by atoms with Crippen LogP contribution in [0.5, 0.6) is 5.75 Å². The molecular formula is C29H28N2O5. The average Bonchev–Trinajstić information content (AvgIpc) is 2.88. The predicted molar refractivity (Wildman–Crippen MR) is 139 cm³/mol.